The summed E-state index contributed by atoms with van der Waals surface area (Å²) < 4.78 is 0. The Hall–Kier alpha value is -3.33. The van der Waals surface area contributed by atoms with Crippen LogP contribution in [0, 0.1) is 10.1 Å². The van der Waals surface area contributed by atoms with Crippen LogP contribution < -0.4 is 10.6 Å². The summed E-state index contributed by atoms with van der Waals surface area (Å²) >= 11 is 0. The van der Waals surface area contributed by atoms with Crippen molar-refractivity contribution in [3.05, 3.63) is 58.4 Å². The third kappa shape index (κ3) is 6.65. The normalized spacial score (nSPS) is 13.7. The van der Waals surface area contributed by atoms with Gasteiger partial charge in [0.05, 0.1) is 28.1 Å². The summed E-state index contributed by atoms with van der Waals surface area (Å²) in [6.07, 6.45) is 6.92. The average molecular weight is 399 g/mol. The van der Waals surface area contributed by atoms with Crippen molar-refractivity contribution in [3.8, 4) is 0 Å². The number of piperidine rings is 1. The van der Waals surface area contributed by atoms with E-state index in [2.05, 4.69) is 20.5 Å². The van der Waals surface area contributed by atoms with E-state index >= 15 is 0 Å². The number of nitrogens with one attached hydrogen (secondary N) is 2. The molecule has 1 amide bonds. The quantitative estimate of drug-likeness (QED) is 0.543. The fourth-order valence-corrected chi connectivity index (χ4v) is 3.14. The molecular formula is C20H25N5O4. The number of rotatable bonds is 7. The van der Waals surface area contributed by atoms with Gasteiger partial charge in [-0.1, -0.05) is 6.42 Å². The molecule has 2 N–H and O–H groups in total. The Kier molecular flexibility index (Phi) is 8.71. The van der Waals surface area contributed by atoms with Crippen molar-refractivity contribution in [1.82, 2.24) is 15.2 Å². The Morgan fingerprint density at radius 1 is 1.21 bits per heavy atom. The maximum atomic E-state index is 12.7. The summed E-state index contributed by atoms with van der Waals surface area (Å²) in [5, 5.41) is 17.1. The molecule has 0 aliphatic carbocycles. The molecule has 0 atom stereocenters. The van der Waals surface area contributed by atoms with Gasteiger partial charge in [-0.05, 0) is 44.1 Å². The second kappa shape index (κ2) is 11.5. The van der Waals surface area contributed by atoms with Gasteiger partial charge >= 0.3 is 0 Å². The lowest BCUT2D eigenvalue weighted by Crippen LogP contribution is -2.37. The molecule has 0 radical (unpaired) electrons. The van der Waals surface area contributed by atoms with Gasteiger partial charge < -0.3 is 20.3 Å². The molecule has 1 aliphatic heterocycles. The van der Waals surface area contributed by atoms with Crippen molar-refractivity contribution in [2.45, 2.75) is 19.3 Å². The molecule has 2 aromatic rings. The number of nitro benzene ring substituents is 1. The van der Waals surface area contributed by atoms with Crippen LogP contribution >= 0.6 is 0 Å². The molecule has 154 valence electrons. The van der Waals surface area contributed by atoms with Crippen LogP contribution in [0.2, 0.25) is 0 Å². The Balaban J connectivity index is 0.00000145. The summed E-state index contributed by atoms with van der Waals surface area (Å²) in [4.78, 5) is 37.6. The number of benzene rings is 1. The van der Waals surface area contributed by atoms with Crippen LogP contribution in [0.3, 0.4) is 0 Å². The van der Waals surface area contributed by atoms with Gasteiger partial charge in [0.1, 0.15) is 6.79 Å². The number of anilines is 2. The Bertz CT molecular complexity index is 810. The summed E-state index contributed by atoms with van der Waals surface area (Å²) in [6, 6.07) is 7.81. The smallest absolute Gasteiger partial charge is 0.270 e. The molecule has 9 heteroatoms. The van der Waals surface area contributed by atoms with Gasteiger partial charge in [-0.25, -0.2) is 0 Å². The van der Waals surface area contributed by atoms with Crippen molar-refractivity contribution in [1.29, 1.82) is 0 Å². The van der Waals surface area contributed by atoms with E-state index < -0.39 is 4.92 Å². The number of nitrogens with zero attached hydrogens (tertiary/aromatic N) is 3. The van der Waals surface area contributed by atoms with Gasteiger partial charge in [0.2, 0.25) is 0 Å². The zero-order valence-electron chi connectivity index (χ0n) is 16.2. The molecule has 29 heavy (non-hydrogen) atoms. The number of likely N-dealkylation sites (tertiary alicyclic amines) is 1. The predicted octanol–water partition coefficient (Wildman–Crippen LogP) is 2.76. The molecule has 0 saturated carbocycles. The molecular weight excluding hydrogens is 374 g/mol. The van der Waals surface area contributed by atoms with Crippen LogP contribution in [0.25, 0.3) is 0 Å². The largest absolute Gasteiger partial charge is 0.354 e. The Morgan fingerprint density at radius 2 is 1.97 bits per heavy atom. The van der Waals surface area contributed by atoms with E-state index in [0.29, 0.717) is 17.9 Å². The van der Waals surface area contributed by atoms with Crippen LogP contribution in [0.1, 0.15) is 29.6 Å². The maximum absolute atomic E-state index is 12.7. The van der Waals surface area contributed by atoms with E-state index in [1.807, 2.05) is 12.9 Å². The van der Waals surface area contributed by atoms with Crippen LogP contribution in [0.5, 0.6) is 0 Å². The number of nitro groups is 1. The number of hydrogen-bond acceptors (Lipinski definition) is 7. The third-order valence-corrected chi connectivity index (χ3v) is 4.56. The van der Waals surface area contributed by atoms with Crippen molar-refractivity contribution in [3.63, 3.8) is 0 Å². The summed E-state index contributed by atoms with van der Waals surface area (Å²) in [5.74, 6) is -0.331. The van der Waals surface area contributed by atoms with Gasteiger partial charge in [-0.3, -0.25) is 19.9 Å². The monoisotopic (exact) mass is 399 g/mol. The van der Waals surface area contributed by atoms with E-state index in [4.69, 9.17) is 4.79 Å². The molecule has 1 fully saturated rings. The van der Waals surface area contributed by atoms with E-state index in [1.165, 1.54) is 31.4 Å². The highest BCUT2D eigenvalue weighted by Crippen LogP contribution is 2.25. The predicted molar refractivity (Wildman–Crippen MR) is 110 cm³/mol. The lowest BCUT2D eigenvalue weighted by Gasteiger charge is -2.26. The van der Waals surface area contributed by atoms with Crippen molar-refractivity contribution >= 4 is 29.8 Å². The number of hydrogen-bond donors (Lipinski definition) is 2. The lowest BCUT2D eigenvalue weighted by atomic mass is 10.1. The van der Waals surface area contributed by atoms with Crippen molar-refractivity contribution in [2.75, 3.05) is 31.5 Å². The highest BCUT2D eigenvalue weighted by molar-refractivity contribution is 6.01. The fraction of sp³-hybridized carbons (Fsp3) is 0.350. The highest BCUT2D eigenvalue weighted by atomic mass is 16.6. The van der Waals surface area contributed by atoms with Gasteiger partial charge in [0.25, 0.3) is 11.6 Å². The number of aromatic nitrogens is 1. The number of pyridine rings is 1. The minimum Gasteiger partial charge on any atom is -0.354 e. The lowest BCUT2D eigenvalue weighted by molar-refractivity contribution is -0.384. The first-order valence-corrected chi connectivity index (χ1v) is 9.38. The number of non-ortho nitro benzene ring substituents is 1. The van der Waals surface area contributed by atoms with Crippen LogP contribution in [0.15, 0.2) is 42.7 Å². The van der Waals surface area contributed by atoms with Crippen LogP contribution in [-0.4, -0.2) is 53.7 Å². The SMILES string of the molecule is C=O.O=C(NCCN1CCCCC1)c1cc([N+](=O)[O-])ccc1Nc1cccnc1. The van der Waals surface area contributed by atoms with E-state index in [1.54, 1.807) is 24.5 Å². The summed E-state index contributed by atoms with van der Waals surface area (Å²) in [5.41, 5.74) is 1.33. The van der Waals surface area contributed by atoms with Crippen LogP contribution in [-0.2, 0) is 4.79 Å². The number of carbonyl (C=O) groups is 2. The first-order valence-electron chi connectivity index (χ1n) is 9.38. The van der Waals surface area contributed by atoms with Gasteiger partial charge in [-0.2, -0.15) is 0 Å². The molecule has 0 spiro atoms. The van der Waals surface area contributed by atoms with E-state index in [9.17, 15) is 14.9 Å². The first kappa shape index (κ1) is 22.0. The number of carbonyl (C=O) groups excluding carboxylic acids is 2. The second-order valence-corrected chi connectivity index (χ2v) is 6.51. The molecule has 1 aliphatic rings. The molecule has 3 rings (SSSR count). The van der Waals surface area contributed by atoms with Crippen molar-refractivity contribution in [2.24, 2.45) is 0 Å². The first-order chi connectivity index (χ1) is 14.1. The summed E-state index contributed by atoms with van der Waals surface area (Å²) in [7, 11) is 0. The van der Waals surface area contributed by atoms with Crippen molar-refractivity contribution < 1.29 is 14.5 Å². The molecule has 1 aromatic heterocycles. The topological polar surface area (TPSA) is 117 Å². The Labute approximate surface area is 169 Å². The molecule has 1 saturated heterocycles. The highest BCUT2D eigenvalue weighted by Gasteiger charge is 2.17. The van der Waals surface area contributed by atoms with Gasteiger partial charge in [0.15, 0.2) is 0 Å². The molecule has 2 heterocycles. The zero-order valence-corrected chi connectivity index (χ0v) is 16.2. The molecule has 0 unspecified atom stereocenters. The van der Waals surface area contributed by atoms with Crippen LogP contribution in [0.4, 0.5) is 17.1 Å². The second-order valence-electron chi connectivity index (χ2n) is 6.51. The number of amides is 1. The maximum Gasteiger partial charge on any atom is 0.270 e. The van der Waals surface area contributed by atoms with Gasteiger partial charge in [-0.15, -0.1) is 0 Å². The van der Waals surface area contributed by atoms with Gasteiger partial charge in [0, 0.05) is 31.4 Å². The molecule has 0 bridgehead atoms. The minimum absolute atomic E-state index is 0.118. The molecule has 9 nitrogen and oxygen atoms in total. The average Bonchev–Trinajstić information content (AvgIpc) is 2.76. The fourth-order valence-electron chi connectivity index (χ4n) is 3.14. The Morgan fingerprint density at radius 3 is 2.62 bits per heavy atom. The van der Waals surface area contributed by atoms with E-state index in [-0.39, 0.29) is 17.2 Å². The summed E-state index contributed by atoms with van der Waals surface area (Å²) in [6.45, 7) is 5.40. The zero-order chi connectivity index (χ0) is 21.1. The standard InChI is InChI=1S/C19H23N5O3.CH2O/c25-19(21-9-12-23-10-2-1-3-11-23)17-13-16(24(26)27)6-7-18(17)22-15-5-4-8-20-14-15;1-2/h4-8,13-14,22H,1-3,9-12H2,(H,21,25);1H2. The minimum atomic E-state index is -0.502. The van der Waals surface area contributed by atoms with E-state index in [0.717, 1.165) is 19.6 Å². The third-order valence-electron chi connectivity index (χ3n) is 4.56. The molecule has 1 aromatic carbocycles.